The maximum Gasteiger partial charge on any atom is 0.306 e. The van der Waals surface area contributed by atoms with Gasteiger partial charge in [0.1, 0.15) is 6.10 Å². The van der Waals surface area contributed by atoms with Gasteiger partial charge in [-0.15, -0.1) is 0 Å². The standard InChI is InChI=1S/C13H11NO4/c15-11-6-5-8(18-11)7-14-12(16)9-3-1-2-4-10(9)13(14)17/h1-4,8H,5-7H2. The highest BCUT2D eigenvalue weighted by Gasteiger charge is 2.38. The molecule has 5 nitrogen and oxygen atoms in total. The molecule has 1 unspecified atom stereocenters. The van der Waals surface area contributed by atoms with Crippen LogP contribution in [0.2, 0.25) is 0 Å². The molecule has 1 saturated heterocycles. The summed E-state index contributed by atoms with van der Waals surface area (Å²) in [5.74, 6) is -0.881. The van der Waals surface area contributed by atoms with E-state index in [9.17, 15) is 14.4 Å². The van der Waals surface area contributed by atoms with Crippen molar-refractivity contribution in [3.8, 4) is 0 Å². The average Bonchev–Trinajstić information content (AvgIpc) is 2.88. The van der Waals surface area contributed by atoms with E-state index in [1.807, 2.05) is 0 Å². The van der Waals surface area contributed by atoms with Gasteiger partial charge in [-0.3, -0.25) is 19.3 Å². The molecule has 0 aliphatic carbocycles. The number of carbonyl (C=O) groups is 3. The lowest BCUT2D eigenvalue weighted by molar-refractivity contribution is -0.141. The molecule has 0 spiro atoms. The molecular formula is C13H11NO4. The van der Waals surface area contributed by atoms with E-state index in [2.05, 4.69) is 0 Å². The zero-order valence-corrected chi connectivity index (χ0v) is 9.59. The first kappa shape index (κ1) is 11.0. The summed E-state index contributed by atoms with van der Waals surface area (Å²) in [6, 6.07) is 6.72. The fourth-order valence-electron chi connectivity index (χ4n) is 2.32. The van der Waals surface area contributed by atoms with Crippen LogP contribution in [0.1, 0.15) is 33.6 Å². The van der Waals surface area contributed by atoms with Gasteiger partial charge in [0.15, 0.2) is 0 Å². The first-order valence-electron chi connectivity index (χ1n) is 5.81. The molecule has 1 fully saturated rings. The molecule has 1 aromatic rings. The van der Waals surface area contributed by atoms with E-state index in [-0.39, 0.29) is 30.4 Å². The summed E-state index contributed by atoms with van der Waals surface area (Å²) in [4.78, 5) is 36.2. The minimum Gasteiger partial charge on any atom is -0.460 e. The van der Waals surface area contributed by atoms with Crippen molar-refractivity contribution in [2.45, 2.75) is 18.9 Å². The minimum atomic E-state index is -0.361. The van der Waals surface area contributed by atoms with Crippen molar-refractivity contribution in [1.82, 2.24) is 4.90 Å². The lowest BCUT2D eigenvalue weighted by Gasteiger charge is -2.17. The summed E-state index contributed by atoms with van der Waals surface area (Å²) >= 11 is 0. The number of cyclic esters (lactones) is 1. The second-order valence-electron chi connectivity index (χ2n) is 4.42. The Morgan fingerprint density at radius 1 is 1.11 bits per heavy atom. The highest BCUT2D eigenvalue weighted by atomic mass is 16.5. The van der Waals surface area contributed by atoms with Crippen molar-refractivity contribution in [1.29, 1.82) is 0 Å². The Morgan fingerprint density at radius 3 is 2.22 bits per heavy atom. The van der Waals surface area contributed by atoms with Crippen LogP contribution in [0.25, 0.3) is 0 Å². The molecule has 2 aliphatic rings. The predicted molar refractivity (Wildman–Crippen MR) is 60.9 cm³/mol. The number of benzene rings is 1. The normalized spacial score (nSPS) is 22.3. The minimum absolute atomic E-state index is 0.151. The highest BCUT2D eigenvalue weighted by molar-refractivity contribution is 6.21. The third-order valence-corrected chi connectivity index (χ3v) is 3.23. The summed E-state index contributed by atoms with van der Waals surface area (Å²) in [5, 5.41) is 0. The van der Waals surface area contributed by atoms with Gasteiger partial charge in [0.05, 0.1) is 17.7 Å². The van der Waals surface area contributed by atoms with Crippen molar-refractivity contribution in [2.24, 2.45) is 0 Å². The van der Waals surface area contributed by atoms with Gasteiger partial charge >= 0.3 is 5.97 Å². The van der Waals surface area contributed by atoms with Crippen LogP contribution < -0.4 is 0 Å². The molecular weight excluding hydrogens is 234 g/mol. The number of hydrogen-bond donors (Lipinski definition) is 0. The number of imide groups is 1. The van der Waals surface area contributed by atoms with Crippen molar-refractivity contribution in [3.05, 3.63) is 35.4 Å². The van der Waals surface area contributed by atoms with Crippen molar-refractivity contribution in [2.75, 3.05) is 6.54 Å². The van der Waals surface area contributed by atoms with Gasteiger partial charge in [0.25, 0.3) is 11.8 Å². The third-order valence-electron chi connectivity index (χ3n) is 3.23. The average molecular weight is 245 g/mol. The van der Waals surface area contributed by atoms with Gasteiger partial charge in [-0.2, -0.15) is 0 Å². The lowest BCUT2D eigenvalue weighted by atomic mass is 10.1. The van der Waals surface area contributed by atoms with Gasteiger partial charge < -0.3 is 4.74 Å². The molecule has 2 aliphatic heterocycles. The highest BCUT2D eigenvalue weighted by Crippen LogP contribution is 2.24. The molecule has 0 bridgehead atoms. The van der Waals surface area contributed by atoms with Crippen molar-refractivity contribution >= 4 is 17.8 Å². The van der Waals surface area contributed by atoms with E-state index in [1.165, 1.54) is 0 Å². The smallest absolute Gasteiger partial charge is 0.306 e. The predicted octanol–water partition coefficient (Wildman–Crippen LogP) is 0.988. The zero-order chi connectivity index (χ0) is 12.7. The van der Waals surface area contributed by atoms with E-state index in [1.54, 1.807) is 24.3 Å². The van der Waals surface area contributed by atoms with Gasteiger partial charge in [0.2, 0.25) is 0 Å². The molecule has 0 saturated carbocycles. The Hall–Kier alpha value is -2.17. The number of fused-ring (bicyclic) bond motifs is 1. The van der Waals surface area contributed by atoms with E-state index in [4.69, 9.17) is 4.74 Å². The van der Waals surface area contributed by atoms with Crippen LogP contribution in [-0.2, 0) is 9.53 Å². The Bertz CT molecular complexity index is 517. The summed E-state index contributed by atoms with van der Waals surface area (Å²) in [6.45, 7) is 0.151. The maximum absolute atomic E-state index is 12.0. The topological polar surface area (TPSA) is 63.7 Å². The molecule has 5 heteroatoms. The fourth-order valence-corrected chi connectivity index (χ4v) is 2.32. The van der Waals surface area contributed by atoms with E-state index in [0.717, 1.165) is 4.90 Å². The van der Waals surface area contributed by atoms with Gasteiger partial charge in [-0.05, 0) is 18.6 Å². The molecule has 0 N–H and O–H groups in total. The monoisotopic (exact) mass is 245 g/mol. The van der Waals surface area contributed by atoms with Crippen molar-refractivity contribution in [3.63, 3.8) is 0 Å². The number of amides is 2. The van der Waals surface area contributed by atoms with Gasteiger partial charge in [0, 0.05) is 6.42 Å². The molecule has 0 aromatic heterocycles. The van der Waals surface area contributed by atoms with Crippen LogP contribution in [0.4, 0.5) is 0 Å². The Morgan fingerprint density at radius 2 is 1.72 bits per heavy atom. The first-order valence-corrected chi connectivity index (χ1v) is 5.81. The Kier molecular flexibility index (Phi) is 2.40. The number of ether oxygens (including phenoxy) is 1. The second kappa shape index (κ2) is 3.94. The van der Waals surface area contributed by atoms with Crippen LogP contribution in [0, 0.1) is 0 Å². The lowest BCUT2D eigenvalue weighted by Crippen LogP contribution is -2.36. The van der Waals surface area contributed by atoms with Crippen molar-refractivity contribution < 1.29 is 19.1 Å². The Labute approximate surface area is 103 Å². The van der Waals surface area contributed by atoms with E-state index < -0.39 is 0 Å². The molecule has 92 valence electrons. The molecule has 18 heavy (non-hydrogen) atoms. The van der Waals surface area contributed by atoms with Crippen LogP contribution in [-0.4, -0.2) is 35.3 Å². The van der Waals surface area contributed by atoms with Crippen LogP contribution in [0.3, 0.4) is 0 Å². The molecule has 1 aromatic carbocycles. The van der Waals surface area contributed by atoms with E-state index in [0.29, 0.717) is 24.0 Å². The zero-order valence-electron chi connectivity index (χ0n) is 9.59. The number of hydrogen-bond acceptors (Lipinski definition) is 4. The first-order chi connectivity index (χ1) is 8.66. The largest absolute Gasteiger partial charge is 0.460 e. The van der Waals surface area contributed by atoms with E-state index >= 15 is 0 Å². The molecule has 1 atom stereocenters. The summed E-state index contributed by atoms with van der Waals surface area (Å²) < 4.78 is 5.03. The Balaban J connectivity index is 1.82. The van der Waals surface area contributed by atoms with Gasteiger partial charge in [-0.25, -0.2) is 0 Å². The number of carbonyl (C=O) groups excluding carboxylic acids is 3. The van der Waals surface area contributed by atoms with Gasteiger partial charge in [-0.1, -0.05) is 12.1 Å². The van der Waals surface area contributed by atoms with Crippen LogP contribution >= 0.6 is 0 Å². The van der Waals surface area contributed by atoms with Crippen LogP contribution in [0.15, 0.2) is 24.3 Å². The number of rotatable bonds is 2. The number of esters is 1. The molecule has 3 rings (SSSR count). The molecule has 0 radical (unpaired) electrons. The fraction of sp³-hybridized carbons (Fsp3) is 0.308. The molecule has 2 heterocycles. The molecule has 2 amide bonds. The summed E-state index contributed by atoms with van der Waals surface area (Å²) in [7, 11) is 0. The van der Waals surface area contributed by atoms with Crippen LogP contribution in [0.5, 0.6) is 0 Å². The second-order valence-corrected chi connectivity index (χ2v) is 4.42. The SMILES string of the molecule is O=C1CCC(CN2C(=O)c3ccccc3C2=O)O1. The quantitative estimate of drug-likeness (QED) is 0.575. The third kappa shape index (κ3) is 1.59. The summed E-state index contributed by atoms with van der Waals surface area (Å²) in [5.41, 5.74) is 0.846. The summed E-state index contributed by atoms with van der Waals surface area (Å²) in [6.07, 6.45) is 0.555. The number of nitrogens with zero attached hydrogens (tertiary/aromatic N) is 1. The maximum atomic E-state index is 12.0.